The monoisotopic (exact) mass is 481 g/mol. The number of likely N-dealkylation sites (tertiary alicyclic amines) is 1. The smallest absolute Gasteiger partial charge is 0.253 e. The Balaban J connectivity index is 0.00000253. The van der Waals surface area contributed by atoms with Crippen LogP contribution in [0.4, 0.5) is 0 Å². The Morgan fingerprint density at radius 1 is 1.32 bits per heavy atom. The maximum Gasteiger partial charge on any atom is 0.253 e. The number of carbonyl (C=O) groups is 1. The summed E-state index contributed by atoms with van der Waals surface area (Å²) < 4.78 is 6.51. The Kier molecular flexibility index (Phi) is 6.03. The van der Waals surface area contributed by atoms with E-state index in [0.29, 0.717) is 18.0 Å². The van der Waals surface area contributed by atoms with Gasteiger partial charge >= 0.3 is 0 Å². The van der Waals surface area contributed by atoms with Crippen LogP contribution in [0, 0.1) is 5.92 Å². The van der Waals surface area contributed by atoms with E-state index in [1.165, 1.54) is 21.7 Å². The van der Waals surface area contributed by atoms with E-state index in [-0.39, 0.29) is 12.9 Å². The highest BCUT2D eigenvalue weighted by atomic mass is 32.1. The van der Waals surface area contributed by atoms with Crippen LogP contribution >= 0.6 is 11.3 Å². The Bertz CT molecular complexity index is 1080. The SMILES string of the molecule is CCc1cc2c(s1)CCO[C@@]21CCN(CC2CC(NC(=O)c3cnc4c(c3)CCC4)C2)C(C)C1.[HH]. The number of aromatic nitrogens is 1. The molecule has 1 amide bonds. The highest BCUT2D eigenvalue weighted by Crippen LogP contribution is 2.46. The van der Waals surface area contributed by atoms with Crippen LogP contribution < -0.4 is 5.32 Å². The van der Waals surface area contributed by atoms with Gasteiger partial charge in [0.05, 0.1) is 17.8 Å². The van der Waals surface area contributed by atoms with E-state index in [0.717, 1.165) is 83.0 Å². The van der Waals surface area contributed by atoms with Gasteiger partial charge in [-0.05, 0) is 87.5 Å². The minimum Gasteiger partial charge on any atom is -0.370 e. The number of thiophene rings is 1. The fourth-order valence-electron chi connectivity index (χ4n) is 6.70. The molecule has 6 rings (SSSR count). The van der Waals surface area contributed by atoms with E-state index >= 15 is 0 Å². The van der Waals surface area contributed by atoms with Gasteiger partial charge in [0.25, 0.3) is 5.91 Å². The molecule has 1 saturated carbocycles. The Labute approximate surface area is 208 Å². The fraction of sp³-hybridized carbons (Fsp3) is 0.643. The van der Waals surface area contributed by atoms with Crippen molar-refractivity contribution in [1.29, 1.82) is 0 Å². The number of piperidine rings is 1. The molecule has 2 aromatic heterocycles. The summed E-state index contributed by atoms with van der Waals surface area (Å²) in [6, 6.07) is 5.33. The van der Waals surface area contributed by atoms with Crippen molar-refractivity contribution in [3.05, 3.63) is 50.5 Å². The molecule has 184 valence electrons. The van der Waals surface area contributed by atoms with Gasteiger partial charge in [0.15, 0.2) is 0 Å². The lowest BCUT2D eigenvalue weighted by atomic mass is 9.76. The average molecular weight is 482 g/mol. The summed E-state index contributed by atoms with van der Waals surface area (Å²) in [7, 11) is 0. The van der Waals surface area contributed by atoms with E-state index in [2.05, 4.69) is 41.2 Å². The second kappa shape index (κ2) is 9.03. The first-order valence-electron chi connectivity index (χ1n) is 13.3. The number of amides is 1. The lowest BCUT2D eigenvalue weighted by Gasteiger charge is -2.49. The molecule has 2 fully saturated rings. The number of nitrogens with zero attached hydrogens (tertiary/aromatic N) is 2. The summed E-state index contributed by atoms with van der Waals surface area (Å²) in [5.41, 5.74) is 4.61. The Hall–Kier alpha value is -1.76. The number of aryl methyl sites for hydroxylation is 3. The molecule has 1 saturated heterocycles. The van der Waals surface area contributed by atoms with Crippen molar-refractivity contribution in [3.8, 4) is 0 Å². The number of ether oxygens (including phenoxy) is 1. The van der Waals surface area contributed by atoms with Crippen LogP contribution in [-0.2, 0) is 36.0 Å². The molecule has 34 heavy (non-hydrogen) atoms. The van der Waals surface area contributed by atoms with Gasteiger partial charge in [-0.1, -0.05) is 6.92 Å². The third kappa shape index (κ3) is 4.12. The van der Waals surface area contributed by atoms with Crippen LogP contribution in [-0.4, -0.2) is 47.6 Å². The topological polar surface area (TPSA) is 54.5 Å². The van der Waals surface area contributed by atoms with Crippen molar-refractivity contribution >= 4 is 17.2 Å². The number of carbonyl (C=O) groups excluding carboxylic acids is 1. The van der Waals surface area contributed by atoms with Gasteiger partial charge in [0.2, 0.25) is 0 Å². The second-order valence-corrected chi connectivity index (χ2v) is 12.2. The lowest BCUT2D eigenvalue weighted by molar-refractivity contribution is -0.114. The summed E-state index contributed by atoms with van der Waals surface area (Å²) in [6.07, 6.45) is 11.6. The minimum absolute atomic E-state index is 0. The van der Waals surface area contributed by atoms with Crippen LogP contribution in [0.3, 0.4) is 0 Å². The number of hydrogen-bond acceptors (Lipinski definition) is 5. The minimum atomic E-state index is -0.0621. The highest BCUT2D eigenvalue weighted by molar-refractivity contribution is 7.12. The zero-order chi connectivity index (χ0) is 23.3. The molecule has 2 aliphatic carbocycles. The third-order valence-electron chi connectivity index (χ3n) is 8.70. The molecule has 4 heterocycles. The zero-order valence-electron chi connectivity index (χ0n) is 20.6. The number of fused-ring (bicyclic) bond motifs is 3. The quantitative estimate of drug-likeness (QED) is 0.660. The van der Waals surface area contributed by atoms with Gasteiger partial charge < -0.3 is 15.0 Å². The summed E-state index contributed by atoms with van der Waals surface area (Å²) >= 11 is 2.01. The zero-order valence-corrected chi connectivity index (χ0v) is 21.4. The highest BCUT2D eigenvalue weighted by Gasteiger charge is 2.45. The second-order valence-electron chi connectivity index (χ2n) is 11.0. The number of rotatable bonds is 5. The van der Waals surface area contributed by atoms with E-state index < -0.39 is 0 Å². The molecule has 4 aliphatic rings. The summed E-state index contributed by atoms with van der Waals surface area (Å²) in [4.78, 5) is 23.0. The molecule has 1 spiro atoms. The first-order valence-corrected chi connectivity index (χ1v) is 14.1. The van der Waals surface area contributed by atoms with E-state index in [1.807, 2.05) is 11.3 Å². The van der Waals surface area contributed by atoms with Crippen molar-refractivity contribution in [3.63, 3.8) is 0 Å². The molecule has 0 radical (unpaired) electrons. The van der Waals surface area contributed by atoms with Crippen molar-refractivity contribution in [2.75, 3.05) is 19.7 Å². The van der Waals surface area contributed by atoms with Gasteiger partial charge in [0, 0.05) is 54.7 Å². The number of hydrogen-bond donors (Lipinski definition) is 1. The molecule has 6 heteroatoms. The average Bonchev–Trinajstić information content (AvgIpc) is 3.46. The molecule has 1 unspecified atom stereocenters. The van der Waals surface area contributed by atoms with Crippen LogP contribution in [0.2, 0.25) is 0 Å². The van der Waals surface area contributed by atoms with Crippen LogP contribution in [0.15, 0.2) is 18.3 Å². The first kappa shape index (κ1) is 22.7. The van der Waals surface area contributed by atoms with Gasteiger partial charge in [-0.25, -0.2) is 0 Å². The maximum atomic E-state index is 12.7. The largest absolute Gasteiger partial charge is 0.370 e. The molecule has 0 aromatic carbocycles. The predicted octanol–water partition coefficient (Wildman–Crippen LogP) is 4.90. The predicted molar refractivity (Wildman–Crippen MR) is 138 cm³/mol. The van der Waals surface area contributed by atoms with Crippen LogP contribution in [0.25, 0.3) is 0 Å². The molecule has 0 bridgehead atoms. The first-order chi connectivity index (χ1) is 16.5. The molecular formula is C28H39N3O2S. The molecule has 2 atom stereocenters. The standard InChI is InChI=1S/C28H37N3O2S.H2/c1-3-23-14-24-26(34-23)7-10-33-28(24)8-9-31(18(2)15-28)17-19-11-22(12-19)30-27(32)21-13-20-5-4-6-25(20)29-16-21;/h13-14,16,18-19,22H,3-12,15,17H2,1-2H3,(H,30,32);1H/t18?,19?,22?,28-;/m1./s1. The summed E-state index contributed by atoms with van der Waals surface area (Å²) in [5.74, 6) is 0.724. The Morgan fingerprint density at radius 3 is 3.03 bits per heavy atom. The molecule has 5 nitrogen and oxygen atoms in total. The van der Waals surface area contributed by atoms with Gasteiger partial charge in [-0.2, -0.15) is 0 Å². The van der Waals surface area contributed by atoms with E-state index in [1.54, 1.807) is 11.1 Å². The molecule has 2 aliphatic heterocycles. The van der Waals surface area contributed by atoms with Gasteiger partial charge in [-0.3, -0.25) is 9.78 Å². The number of nitrogens with one attached hydrogen (secondary N) is 1. The Morgan fingerprint density at radius 2 is 2.21 bits per heavy atom. The summed E-state index contributed by atoms with van der Waals surface area (Å²) in [6.45, 7) is 7.75. The number of pyridine rings is 1. The van der Waals surface area contributed by atoms with E-state index in [9.17, 15) is 4.79 Å². The molecule has 1 N–H and O–H groups in total. The van der Waals surface area contributed by atoms with Crippen molar-refractivity contribution in [1.82, 2.24) is 15.2 Å². The normalized spacial score (nSPS) is 30.6. The maximum absolute atomic E-state index is 12.7. The van der Waals surface area contributed by atoms with E-state index in [4.69, 9.17) is 4.74 Å². The molecule has 2 aromatic rings. The third-order valence-corrected chi connectivity index (χ3v) is 10.0. The van der Waals surface area contributed by atoms with Crippen molar-refractivity contribution < 1.29 is 11.0 Å². The summed E-state index contributed by atoms with van der Waals surface area (Å²) in [5, 5.41) is 3.25. The van der Waals surface area contributed by atoms with Gasteiger partial charge in [0.1, 0.15) is 0 Å². The van der Waals surface area contributed by atoms with Crippen molar-refractivity contribution in [2.45, 2.75) is 89.3 Å². The lowest BCUT2D eigenvalue weighted by Crippen LogP contribution is -2.54. The van der Waals surface area contributed by atoms with Crippen LogP contribution in [0.1, 0.15) is 84.3 Å². The fourth-order valence-corrected chi connectivity index (χ4v) is 7.88. The molecular weight excluding hydrogens is 442 g/mol. The van der Waals surface area contributed by atoms with Gasteiger partial charge in [-0.15, -0.1) is 11.3 Å². The van der Waals surface area contributed by atoms with Crippen molar-refractivity contribution in [2.24, 2.45) is 5.92 Å². The van der Waals surface area contributed by atoms with Crippen LogP contribution in [0.5, 0.6) is 0 Å².